The first-order valence-electron chi connectivity index (χ1n) is 8.60. The van der Waals surface area contributed by atoms with Gasteiger partial charge < -0.3 is 15.4 Å². The maximum Gasteiger partial charge on any atom is 0.405 e. The van der Waals surface area contributed by atoms with E-state index >= 15 is 0 Å². The Morgan fingerprint density at radius 2 is 1.75 bits per heavy atom. The predicted octanol–water partition coefficient (Wildman–Crippen LogP) is 4.00. The van der Waals surface area contributed by atoms with Crippen molar-refractivity contribution in [2.45, 2.75) is 26.4 Å². The van der Waals surface area contributed by atoms with Gasteiger partial charge in [-0.25, -0.2) is 0 Å². The molecule has 2 aromatic carbocycles. The molecule has 0 bridgehead atoms. The van der Waals surface area contributed by atoms with Gasteiger partial charge in [0.2, 0.25) is 5.91 Å². The molecular weight excluding hydrogens is 373 g/mol. The minimum Gasteiger partial charge on any atom is -0.493 e. The van der Waals surface area contributed by atoms with Gasteiger partial charge in [0.05, 0.1) is 24.3 Å². The smallest absolute Gasteiger partial charge is 0.405 e. The number of benzene rings is 2. The third-order valence-electron chi connectivity index (χ3n) is 4.04. The molecule has 5 nitrogen and oxygen atoms in total. The molecule has 2 N–H and O–H groups in total. The number of para-hydroxylation sites is 1. The van der Waals surface area contributed by atoms with Gasteiger partial charge in [0.25, 0.3) is 5.91 Å². The van der Waals surface area contributed by atoms with Crippen LogP contribution in [-0.2, 0) is 4.79 Å². The van der Waals surface area contributed by atoms with Gasteiger partial charge >= 0.3 is 6.18 Å². The van der Waals surface area contributed by atoms with E-state index < -0.39 is 24.5 Å². The number of aryl methyl sites for hydroxylation is 1. The van der Waals surface area contributed by atoms with Crippen LogP contribution in [0.2, 0.25) is 0 Å². The van der Waals surface area contributed by atoms with Crippen LogP contribution < -0.4 is 15.4 Å². The number of halogens is 3. The minimum absolute atomic E-state index is 0.0197. The minimum atomic E-state index is -4.51. The van der Waals surface area contributed by atoms with E-state index in [9.17, 15) is 22.8 Å². The van der Waals surface area contributed by atoms with Crippen LogP contribution in [0.5, 0.6) is 5.75 Å². The first kappa shape index (κ1) is 21.3. The molecule has 0 atom stereocenters. The van der Waals surface area contributed by atoms with E-state index in [0.29, 0.717) is 5.75 Å². The zero-order chi connectivity index (χ0) is 20.7. The summed E-state index contributed by atoms with van der Waals surface area (Å²) in [6, 6.07) is 11.5. The largest absolute Gasteiger partial charge is 0.493 e. The van der Waals surface area contributed by atoms with Crippen LogP contribution in [0, 0.1) is 13.8 Å². The second-order valence-corrected chi connectivity index (χ2v) is 6.19. The molecule has 0 radical (unpaired) electrons. The summed E-state index contributed by atoms with van der Waals surface area (Å²) in [4.78, 5) is 24.1. The molecule has 0 saturated carbocycles. The standard InChI is InChI=1S/C20H21F3N2O3/c1-13-6-5-9-17(14(13)2)28-11-10-18(26)25-16-8-4-3-7-15(16)19(27)24-12-20(21,22)23/h3-9H,10-12H2,1-2H3,(H,24,27)(H,25,26). The Morgan fingerprint density at radius 3 is 2.46 bits per heavy atom. The zero-order valence-corrected chi connectivity index (χ0v) is 15.5. The maximum atomic E-state index is 12.3. The van der Waals surface area contributed by atoms with E-state index in [1.807, 2.05) is 26.0 Å². The molecule has 0 aliphatic heterocycles. The molecule has 0 aliphatic rings. The number of amides is 2. The highest BCUT2D eigenvalue weighted by molar-refractivity contribution is 6.03. The summed E-state index contributed by atoms with van der Waals surface area (Å²) in [6.45, 7) is 2.55. The second kappa shape index (κ2) is 9.25. The third-order valence-corrected chi connectivity index (χ3v) is 4.04. The number of hydrogen-bond acceptors (Lipinski definition) is 3. The fourth-order valence-corrected chi connectivity index (χ4v) is 2.41. The quantitative estimate of drug-likeness (QED) is 0.746. The van der Waals surface area contributed by atoms with Crippen molar-refractivity contribution in [3.8, 4) is 5.75 Å². The number of hydrogen-bond donors (Lipinski definition) is 2. The molecule has 8 heteroatoms. The number of rotatable bonds is 7. The van der Waals surface area contributed by atoms with Crippen molar-refractivity contribution >= 4 is 17.5 Å². The number of alkyl halides is 3. The molecule has 0 aliphatic carbocycles. The maximum absolute atomic E-state index is 12.3. The molecule has 0 saturated heterocycles. The average molecular weight is 394 g/mol. The van der Waals surface area contributed by atoms with E-state index in [0.717, 1.165) is 11.1 Å². The van der Waals surface area contributed by atoms with Crippen molar-refractivity contribution in [1.29, 1.82) is 0 Å². The molecule has 0 spiro atoms. The van der Waals surface area contributed by atoms with Crippen molar-refractivity contribution in [2.24, 2.45) is 0 Å². The number of carbonyl (C=O) groups is 2. The van der Waals surface area contributed by atoms with Crippen LogP contribution >= 0.6 is 0 Å². The fourth-order valence-electron chi connectivity index (χ4n) is 2.41. The molecule has 150 valence electrons. The predicted molar refractivity (Wildman–Crippen MR) is 99.5 cm³/mol. The summed E-state index contributed by atoms with van der Waals surface area (Å²) in [5, 5.41) is 4.33. The molecule has 2 amide bonds. The highest BCUT2D eigenvalue weighted by Gasteiger charge is 2.28. The van der Waals surface area contributed by atoms with Crippen molar-refractivity contribution in [3.05, 3.63) is 59.2 Å². The van der Waals surface area contributed by atoms with Crippen LogP contribution in [0.15, 0.2) is 42.5 Å². The van der Waals surface area contributed by atoms with Gasteiger partial charge in [0.1, 0.15) is 12.3 Å². The first-order valence-corrected chi connectivity index (χ1v) is 8.60. The Hall–Kier alpha value is -3.03. The van der Waals surface area contributed by atoms with Crippen LogP contribution in [0.3, 0.4) is 0 Å². The number of anilines is 1. The Morgan fingerprint density at radius 1 is 1.04 bits per heavy atom. The van der Waals surface area contributed by atoms with Crippen molar-refractivity contribution in [1.82, 2.24) is 5.32 Å². The van der Waals surface area contributed by atoms with Crippen LogP contribution in [0.4, 0.5) is 18.9 Å². The number of carbonyl (C=O) groups excluding carboxylic acids is 2. The summed E-state index contributed by atoms with van der Waals surface area (Å²) in [6.07, 6.45) is -4.50. The summed E-state index contributed by atoms with van der Waals surface area (Å²) in [7, 11) is 0. The monoisotopic (exact) mass is 394 g/mol. The van der Waals surface area contributed by atoms with Gasteiger partial charge in [-0.15, -0.1) is 0 Å². The summed E-state index contributed by atoms with van der Waals surface area (Å²) < 4.78 is 42.4. The Kier molecular flexibility index (Phi) is 7.03. The summed E-state index contributed by atoms with van der Waals surface area (Å²) >= 11 is 0. The molecule has 0 heterocycles. The van der Waals surface area contributed by atoms with Gasteiger partial charge in [0.15, 0.2) is 0 Å². The van der Waals surface area contributed by atoms with Crippen molar-refractivity contribution < 1.29 is 27.5 Å². The molecule has 0 unspecified atom stereocenters. The van der Waals surface area contributed by atoms with Gasteiger partial charge in [-0.1, -0.05) is 24.3 Å². The van der Waals surface area contributed by atoms with Crippen LogP contribution in [0.25, 0.3) is 0 Å². The van der Waals surface area contributed by atoms with Gasteiger partial charge in [-0.3, -0.25) is 9.59 Å². The third kappa shape index (κ3) is 6.29. The Bertz CT molecular complexity index is 851. The Labute approximate surface area is 160 Å². The second-order valence-electron chi connectivity index (χ2n) is 6.19. The van der Waals surface area contributed by atoms with E-state index in [2.05, 4.69) is 5.32 Å². The van der Waals surface area contributed by atoms with Gasteiger partial charge in [-0.05, 0) is 43.2 Å². The summed E-state index contributed by atoms with van der Waals surface area (Å²) in [5.74, 6) is -0.652. The van der Waals surface area contributed by atoms with Crippen LogP contribution in [0.1, 0.15) is 27.9 Å². The molecule has 0 fully saturated rings. The number of ether oxygens (including phenoxy) is 1. The zero-order valence-electron chi connectivity index (χ0n) is 15.5. The topological polar surface area (TPSA) is 67.4 Å². The number of nitrogens with one attached hydrogen (secondary N) is 2. The lowest BCUT2D eigenvalue weighted by atomic mass is 10.1. The van der Waals surface area contributed by atoms with Gasteiger partial charge in [-0.2, -0.15) is 13.2 Å². The van der Waals surface area contributed by atoms with Crippen molar-refractivity contribution in [3.63, 3.8) is 0 Å². The molecule has 0 aromatic heterocycles. The fraction of sp³-hybridized carbons (Fsp3) is 0.300. The highest BCUT2D eigenvalue weighted by Crippen LogP contribution is 2.21. The summed E-state index contributed by atoms with van der Waals surface area (Å²) in [5.41, 5.74) is 2.14. The molecular formula is C20H21F3N2O3. The van der Waals surface area contributed by atoms with Crippen LogP contribution in [-0.4, -0.2) is 31.1 Å². The van der Waals surface area contributed by atoms with E-state index in [-0.39, 0.29) is 24.3 Å². The van der Waals surface area contributed by atoms with E-state index in [1.165, 1.54) is 18.2 Å². The molecule has 2 aromatic rings. The highest BCUT2D eigenvalue weighted by atomic mass is 19.4. The van der Waals surface area contributed by atoms with Crippen molar-refractivity contribution in [2.75, 3.05) is 18.5 Å². The molecule has 28 heavy (non-hydrogen) atoms. The molecule has 2 rings (SSSR count). The lowest BCUT2D eigenvalue weighted by molar-refractivity contribution is -0.123. The average Bonchev–Trinajstić information content (AvgIpc) is 2.63. The normalized spacial score (nSPS) is 11.0. The first-order chi connectivity index (χ1) is 13.2. The lowest BCUT2D eigenvalue weighted by Gasteiger charge is -2.13. The SMILES string of the molecule is Cc1cccc(OCCC(=O)Nc2ccccc2C(=O)NCC(F)(F)F)c1C. The van der Waals surface area contributed by atoms with E-state index in [1.54, 1.807) is 17.4 Å². The Balaban J connectivity index is 1.93. The lowest BCUT2D eigenvalue weighted by Crippen LogP contribution is -2.34. The van der Waals surface area contributed by atoms with Gasteiger partial charge in [0, 0.05) is 0 Å². The van der Waals surface area contributed by atoms with E-state index in [4.69, 9.17) is 4.74 Å².